The van der Waals surface area contributed by atoms with Crippen molar-refractivity contribution in [2.24, 2.45) is 0 Å². The zero-order chi connectivity index (χ0) is 9.97. The van der Waals surface area contributed by atoms with Gasteiger partial charge in [0.15, 0.2) is 6.39 Å². The van der Waals surface area contributed by atoms with Gasteiger partial charge in [0.25, 0.3) is 0 Å². The molecule has 1 aliphatic heterocycles. The van der Waals surface area contributed by atoms with Crippen LogP contribution in [0.1, 0.15) is 18.4 Å². The summed E-state index contributed by atoms with van der Waals surface area (Å²) in [5.74, 6) is 0.941. The third kappa shape index (κ3) is 2.13. The van der Waals surface area contributed by atoms with Gasteiger partial charge in [0.05, 0.1) is 5.69 Å². The average molecular weight is 195 g/mol. The van der Waals surface area contributed by atoms with E-state index in [1.807, 2.05) is 6.92 Å². The fourth-order valence-electron chi connectivity index (χ4n) is 1.85. The van der Waals surface area contributed by atoms with Crippen molar-refractivity contribution in [3.8, 4) is 0 Å². The molecule has 1 aromatic heterocycles. The van der Waals surface area contributed by atoms with Crippen LogP contribution in [0.15, 0.2) is 10.8 Å². The fraction of sp³-hybridized carbons (Fsp3) is 0.700. The Bertz CT molecular complexity index is 297. The zero-order valence-electron chi connectivity index (χ0n) is 8.79. The Labute approximate surface area is 84.3 Å². The number of hydrogen-bond acceptors (Lipinski definition) is 4. The second-order valence-electron chi connectivity index (χ2n) is 3.95. The van der Waals surface area contributed by atoms with Crippen LogP contribution in [0.2, 0.25) is 0 Å². The highest BCUT2D eigenvalue weighted by Gasteiger charge is 2.17. The topological polar surface area (TPSA) is 41.3 Å². The third-order valence-electron chi connectivity index (χ3n) is 2.67. The van der Waals surface area contributed by atoms with Crippen LogP contribution in [0.5, 0.6) is 0 Å². The van der Waals surface area contributed by atoms with Gasteiger partial charge in [-0.15, -0.1) is 0 Å². The van der Waals surface area contributed by atoms with Crippen molar-refractivity contribution in [1.82, 2.24) is 15.2 Å². The van der Waals surface area contributed by atoms with Crippen LogP contribution in [0, 0.1) is 6.92 Å². The van der Waals surface area contributed by atoms with Crippen LogP contribution in [0.4, 0.5) is 0 Å². The molecule has 1 N–H and O–H groups in total. The van der Waals surface area contributed by atoms with Gasteiger partial charge in [-0.3, -0.25) is 4.90 Å². The molecular formula is C10H17N3O. The van der Waals surface area contributed by atoms with E-state index < -0.39 is 0 Å². The average Bonchev–Trinajstić information content (AvgIpc) is 2.52. The summed E-state index contributed by atoms with van der Waals surface area (Å²) in [6.45, 7) is 8.34. The monoisotopic (exact) mass is 195 g/mol. The minimum absolute atomic E-state index is 0.580. The molecule has 2 heterocycles. The van der Waals surface area contributed by atoms with E-state index in [9.17, 15) is 0 Å². The van der Waals surface area contributed by atoms with Crippen molar-refractivity contribution in [3.05, 3.63) is 17.8 Å². The molecule has 4 nitrogen and oxygen atoms in total. The summed E-state index contributed by atoms with van der Waals surface area (Å²) in [6.07, 6.45) is 1.52. The van der Waals surface area contributed by atoms with Gasteiger partial charge >= 0.3 is 0 Å². The molecule has 4 heteroatoms. The predicted molar refractivity (Wildman–Crippen MR) is 54.0 cm³/mol. The largest absolute Gasteiger partial charge is 0.448 e. The van der Waals surface area contributed by atoms with Gasteiger partial charge in [0, 0.05) is 32.2 Å². The van der Waals surface area contributed by atoms with Gasteiger partial charge in [0.1, 0.15) is 5.76 Å². The Hall–Kier alpha value is -0.870. The number of rotatable bonds is 2. The molecule has 1 aromatic rings. The molecule has 1 fully saturated rings. The maximum Gasteiger partial charge on any atom is 0.181 e. The van der Waals surface area contributed by atoms with Gasteiger partial charge < -0.3 is 9.73 Å². The van der Waals surface area contributed by atoms with Crippen molar-refractivity contribution in [2.45, 2.75) is 26.4 Å². The molecule has 0 aromatic carbocycles. The van der Waals surface area contributed by atoms with Crippen LogP contribution in [0.25, 0.3) is 0 Å². The second kappa shape index (κ2) is 4.11. The highest BCUT2D eigenvalue weighted by molar-refractivity contribution is 5.04. The number of oxazole rings is 1. The summed E-state index contributed by atoms with van der Waals surface area (Å²) in [5, 5.41) is 3.42. The fourth-order valence-corrected chi connectivity index (χ4v) is 1.85. The summed E-state index contributed by atoms with van der Waals surface area (Å²) in [4.78, 5) is 6.61. The van der Waals surface area contributed by atoms with E-state index in [1.165, 1.54) is 6.39 Å². The Balaban J connectivity index is 1.94. The van der Waals surface area contributed by atoms with E-state index in [0.29, 0.717) is 6.04 Å². The second-order valence-corrected chi connectivity index (χ2v) is 3.95. The molecule has 0 bridgehead atoms. The number of aryl methyl sites for hydroxylation is 1. The maximum absolute atomic E-state index is 5.18. The van der Waals surface area contributed by atoms with Crippen LogP contribution in [0.3, 0.4) is 0 Å². The van der Waals surface area contributed by atoms with Crippen LogP contribution in [-0.4, -0.2) is 35.6 Å². The minimum Gasteiger partial charge on any atom is -0.448 e. The zero-order valence-corrected chi connectivity index (χ0v) is 8.79. The van der Waals surface area contributed by atoms with E-state index >= 15 is 0 Å². The van der Waals surface area contributed by atoms with Gasteiger partial charge in [0.2, 0.25) is 0 Å². The van der Waals surface area contributed by atoms with E-state index in [2.05, 4.69) is 22.1 Å². The highest BCUT2D eigenvalue weighted by Crippen LogP contribution is 2.09. The molecule has 0 spiro atoms. The number of hydrogen-bond donors (Lipinski definition) is 1. The lowest BCUT2D eigenvalue weighted by atomic mass is 10.2. The molecule has 0 saturated carbocycles. The van der Waals surface area contributed by atoms with E-state index in [0.717, 1.165) is 37.6 Å². The van der Waals surface area contributed by atoms with Gasteiger partial charge in [-0.1, -0.05) is 0 Å². The molecule has 1 saturated heterocycles. The Morgan fingerprint density at radius 3 is 3.21 bits per heavy atom. The van der Waals surface area contributed by atoms with Crippen LogP contribution in [-0.2, 0) is 6.54 Å². The Morgan fingerprint density at radius 1 is 1.71 bits per heavy atom. The third-order valence-corrected chi connectivity index (χ3v) is 2.67. The lowest BCUT2D eigenvalue weighted by Crippen LogP contribution is -2.48. The molecule has 0 unspecified atom stereocenters. The first-order valence-corrected chi connectivity index (χ1v) is 5.10. The Morgan fingerprint density at radius 2 is 2.57 bits per heavy atom. The van der Waals surface area contributed by atoms with E-state index in [-0.39, 0.29) is 0 Å². The lowest BCUT2D eigenvalue weighted by molar-refractivity contribution is 0.197. The summed E-state index contributed by atoms with van der Waals surface area (Å²) in [6, 6.07) is 0.580. The SMILES string of the molecule is Cc1ocnc1CN1CCN[C@@H](C)C1. The summed E-state index contributed by atoms with van der Waals surface area (Å²) in [7, 11) is 0. The number of nitrogens with one attached hydrogen (secondary N) is 1. The predicted octanol–water partition coefficient (Wildman–Crippen LogP) is 0.777. The summed E-state index contributed by atoms with van der Waals surface area (Å²) < 4.78 is 5.18. The van der Waals surface area contributed by atoms with Crippen molar-refractivity contribution in [2.75, 3.05) is 19.6 Å². The number of piperazine rings is 1. The molecule has 78 valence electrons. The molecule has 0 amide bonds. The van der Waals surface area contributed by atoms with E-state index in [1.54, 1.807) is 0 Å². The summed E-state index contributed by atoms with van der Waals surface area (Å²) in [5.41, 5.74) is 1.07. The molecule has 1 aliphatic rings. The molecule has 14 heavy (non-hydrogen) atoms. The standard InChI is InChI=1S/C10H17N3O/c1-8-5-13(4-3-11-8)6-10-9(2)14-7-12-10/h7-8,11H,3-6H2,1-2H3/t8-/m0/s1. The quantitative estimate of drug-likeness (QED) is 0.757. The first-order valence-electron chi connectivity index (χ1n) is 5.10. The molecule has 0 radical (unpaired) electrons. The Kier molecular flexibility index (Phi) is 2.84. The molecular weight excluding hydrogens is 178 g/mol. The van der Waals surface area contributed by atoms with Gasteiger partial charge in [-0.2, -0.15) is 0 Å². The first-order chi connectivity index (χ1) is 6.75. The van der Waals surface area contributed by atoms with Crippen molar-refractivity contribution in [1.29, 1.82) is 0 Å². The first kappa shape index (κ1) is 9.68. The highest BCUT2D eigenvalue weighted by atomic mass is 16.3. The van der Waals surface area contributed by atoms with E-state index in [4.69, 9.17) is 4.42 Å². The number of nitrogens with zero attached hydrogens (tertiary/aromatic N) is 2. The maximum atomic E-state index is 5.18. The van der Waals surface area contributed by atoms with Crippen molar-refractivity contribution in [3.63, 3.8) is 0 Å². The molecule has 2 rings (SSSR count). The number of aromatic nitrogens is 1. The molecule has 0 aliphatic carbocycles. The smallest absolute Gasteiger partial charge is 0.181 e. The van der Waals surface area contributed by atoms with Crippen LogP contribution < -0.4 is 5.32 Å². The van der Waals surface area contributed by atoms with Gasteiger partial charge in [-0.05, 0) is 13.8 Å². The lowest BCUT2D eigenvalue weighted by Gasteiger charge is -2.31. The normalized spacial score (nSPS) is 24.0. The van der Waals surface area contributed by atoms with Crippen molar-refractivity contribution < 1.29 is 4.42 Å². The summed E-state index contributed by atoms with van der Waals surface area (Å²) >= 11 is 0. The molecule has 1 atom stereocenters. The van der Waals surface area contributed by atoms with Crippen molar-refractivity contribution >= 4 is 0 Å². The van der Waals surface area contributed by atoms with Crippen LogP contribution >= 0.6 is 0 Å². The van der Waals surface area contributed by atoms with Gasteiger partial charge in [-0.25, -0.2) is 4.98 Å². The minimum atomic E-state index is 0.580.